The van der Waals surface area contributed by atoms with Crippen LogP contribution in [0.25, 0.3) is 21.9 Å². The zero-order chi connectivity index (χ0) is 29.4. The molecule has 10 heteroatoms. The number of rotatable bonds is 6. The molecule has 42 heavy (non-hydrogen) atoms. The van der Waals surface area contributed by atoms with Crippen LogP contribution < -0.4 is 26.8 Å². The van der Waals surface area contributed by atoms with Gasteiger partial charge in [-0.25, -0.2) is 18.5 Å². The van der Waals surface area contributed by atoms with Gasteiger partial charge in [-0.1, -0.05) is 62.4 Å². The second-order valence-electron chi connectivity index (χ2n) is 11.4. The second-order valence-corrected chi connectivity index (χ2v) is 13.0. The summed E-state index contributed by atoms with van der Waals surface area (Å²) in [6.45, 7) is 0.721. The number of hydrogen-bond donors (Lipinski definition) is 4. The SMILES string of the molecule is Nc1cc2ccnc(N)c2cc1N1CCC(C2CCCCC2)C1C(=O)Nc1ccc(-c2ccccc2S(N)(=O)=O)cc1. The van der Waals surface area contributed by atoms with E-state index in [-0.39, 0.29) is 16.7 Å². The molecule has 2 aliphatic rings. The third-order valence-electron chi connectivity index (χ3n) is 8.88. The van der Waals surface area contributed by atoms with Crippen LogP contribution in [0.2, 0.25) is 0 Å². The number of primary sulfonamides is 1. The van der Waals surface area contributed by atoms with E-state index in [4.69, 9.17) is 16.6 Å². The van der Waals surface area contributed by atoms with Gasteiger partial charge in [-0.3, -0.25) is 4.79 Å². The number of anilines is 4. The molecule has 1 saturated heterocycles. The maximum atomic E-state index is 14.1. The summed E-state index contributed by atoms with van der Waals surface area (Å²) in [7, 11) is -3.89. The first-order valence-electron chi connectivity index (χ1n) is 14.4. The van der Waals surface area contributed by atoms with Crippen LogP contribution in [0.15, 0.2) is 77.8 Å². The van der Waals surface area contributed by atoms with E-state index in [1.165, 1.54) is 25.3 Å². The largest absolute Gasteiger partial charge is 0.397 e. The van der Waals surface area contributed by atoms with Crippen molar-refractivity contribution in [3.05, 3.63) is 72.9 Å². The molecule has 2 heterocycles. The van der Waals surface area contributed by atoms with Crippen molar-refractivity contribution in [2.75, 3.05) is 28.2 Å². The first-order chi connectivity index (χ1) is 20.2. The quantitative estimate of drug-likeness (QED) is 0.229. The molecule has 6 rings (SSSR count). The van der Waals surface area contributed by atoms with Crippen LogP contribution in [-0.4, -0.2) is 31.9 Å². The number of nitrogens with zero attached hydrogens (tertiary/aromatic N) is 2. The molecule has 1 saturated carbocycles. The molecule has 0 radical (unpaired) electrons. The Morgan fingerprint density at radius 3 is 2.40 bits per heavy atom. The van der Waals surface area contributed by atoms with Crippen molar-refractivity contribution in [1.29, 1.82) is 0 Å². The van der Waals surface area contributed by atoms with Gasteiger partial charge in [0.1, 0.15) is 11.9 Å². The molecule has 2 fully saturated rings. The van der Waals surface area contributed by atoms with E-state index in [0.717, 1.165) is 42.3 Å². The molecule has 2 unspecified atom stereocenters. The minimum Gasteiger partial charge on any atom is -0.397 e. The monoisotopic (exact) mass is 584 g/mol. The maximum Gasteiger partial charge on any atom is 0.247 e. The lowest BCUT2D eigenvalue weighted by Crippen LogP contribution is -2.45. The van der Waals surface area contributed by atoms with Gasteiger partial charge in [0, 0.05) is 29.4 Å². The highest BCUT2D eigenvalue weighted by molar-refractivity contribution is 7.89. The molecular weight excluding hydrogens is 548 g/mol. The predicted molar refractivity (Wildman–Crippen MR) is 168 cm³/mol. The zero-order valence-corrected chi connectivity index (χ0v) is 24.2. The van der Waals surface area contributed by atoms with E-state index < -0.39 is 16.1 Å². The Labute approximate surface area is 246 Å². The summed E-state index contributed by atoms with van der Waals surface area (Å²) in [6, 6.07) is 19.1. The third-order valence-corrected chi connectivity index (χ3v) is 9.85. The molecule has 218 valence electrons. The van der Waals surface area contributed by atoms with Crippen LogP contribution in [0.1, 0.15) is 38.5 Å². The number of pyridine rings is 1. The number of benzene rings is 3. The number of nitrogens with one attached hydrogen (secondary N) is 1. The molecule has 1 aromatic heterocycles. The fourth-order valence-corrected chi connectivity index (χ4v) is 7.64. The number of sulfonamides is 1. The molecule has 1 aliphatic carbocycles. The molecule has 2 atom stereocenters. The summed E-state index contributed by atoms with van der Waals surface area (Å²) in [5.74, 6) is 1.03. The lowest BCUT2D eigenvalue weighted by atomic mass is 9.76. The summed E-state index contributed by atoms with van der Waals surface area (Å²) in [5.41, 5.74) is 16.0. The molecular formula is C32H36N6O3S. The van der Waals surface area contributed by atoms with Crippen molar-refractivity contribution < 1.29 is 13.2 Å². The highest BCUT2D eigenvalue weighted by Gasteiger charge is 2.44. The summed E-state index contributed by atoms with van der Waals surface area (Å²) in [5, 5.41) is 10.3. The van der Waals surface area contributed by atoms with Gasteiger partial charge in [0.15, 0.2) is 0 Å². The van der Waals surface area contributed by atoms with Crippen LogP contribution >= 0.6 is 0 Å². The minimum absolute atomic E-state index is 0.0579. The molecule has 4 aromatic rings. The van der Waals surface area contributed by atoms with Gasteiger partial charge in [-0.15, -0.1) is 0 Å². The van der Waals surface area contributed by atoms with Crippen molar-refractivity contribution in [2.24, 2.45) is 17.0 Å². The summed E-state index contributed by atoms with van der Waals surface area (Å²) in [4.78, 5) is 20.6. The fraction of sp³-hybridized carbons (Fsp3) is 0.312. The predicted octanol–water partition coefficient (Wildman–Crippen LogP) is 5.13. The standard InChI is InChI=1S/C32H36N6O3S/c33-27-18-22-14-16-36-31(34)26(22)19-28(27)38-17-15-25(20-6-2-1-3-7-20)30(38)32(39)37-23-12-10-21(11-13-23)24-8-4-5-9-29(24)42(35,40)41/h4-5,8-14,16,18-20,25,30H,1-3,6-7,15,17,33H2,(H2,34,36)(H,37,39)(H2,35,40,41). The van der Waals surface area contributed by atoms with Crippen LogP contribution in [-0.2, 0) is 14.8 Å². The van der Waals surface area contributed by atoms with Gasteiger partial charge < -0.3 is 21.7 Å². The first kappa shape index (κ1) is 28.0. The fourth-order valence-electron chi connectivity index (χ4n) is 6.88. The Hall–Kier alpha value is -4.15. The average Bonchev–Trinajstić information content (AvgIpc) is 3.43. The number of amides is 1. The molecule has 0 spiro atoms. The zero-order valence-electron chi connectivity index (χ0n) is 23.4. The first-order valence-corrected chi connectivity index (χ1v) is 16.0. The van der Waals surface area contributed by atoms with Crippen LogP contribution in [0.4, 0.5) is 22.9 Å². The van der Waals surface area contributed by atoms with E-state index in [1.54, 1.807) is 48.7 Å². The molecule has 7 N–H and O–H groups in total. The van der Waals surface area contributed by atoms with Crippen LogP contribution in [0.5, 0.6) is 0 Å². The second kappa shape index (κ2) is 11.3. The Morgan fingerprint density at radius 2 is 1.67 bits per heavy atom. The topological polar surface area (TPSA) is 157 Å². The summed E-state index contributed by atoms with van der Waals surface area (Å²) >= 11 is 0. The third kappa shape index (κ3) is 5.39. The Kier molecular flexibility index (Phi) is 7.51. The number of hydrogen-bond acceptors (Lipinski definition) is 7. The Bertz CT molecular complexity index is 1740. The van der Waals surface area contributed by atoms with Crippen molar-refractivity contribution >= 4 is 49.6 Å². The number of carbonyl (C=O) groups is 1. The normalized spacial score (nSPS) is 19.7. The van der Waals surface area contributed by atoms with Gasteiger partial charge in [0.25, 0.3) is 0 Å². The van der Waals surface area contributed by atoms with E-state index in [0.29, 0.717) is 34.2 Å². The molecule has 0 bridgehead atoms. The number of aromatic nitrogens is 1. The molecule has 9 nitrogen and oxygen atoms in total. The van der Waals surface area contributed by atoms with E-state index in [2.05, 4.69) is 15.2 Å². The molecule has 1 amide bonds. The van der Waals surface area contributed by atoms with Crippen molar-refractivity contribution in [3.63, 3.8) is 0 Å². The van der Waals surface area contributed by atoms with E-state index in [1.807, 2.05) is 18.2 Å². The summed E-state index contributed by atoms with van der Waals surface area (Å²) < 4.78 is 24.2. The van der Waals surface area contributed by atoms with Gasteiger partial charge >= 0.3 is 0 Å². The van der Waals surface area contributed by atoms with Crippen molar-refractivity contribution in [3.8, 4) is 11.1 Å². The highest BCUT2D eigenvalue weighted by Crippen LogP contribution is 2.43. The molecule has 1 aliphatic heterocycles. The number of nitrogens with two attached hydrogens (primary N) is 3. The van der Waals surface area contributed by atoms with Crippen LogP contribution in [0.3, 0.4) is 0 Å². The number of carbonyl (C=O) groups excluding carboxylic acids is 1. The van der Waals surface area contributed by atoms with Gasteiger partial charge in [0.05, 0.1) is 16.3 Å². The van der Waals surface area contributed by atoms with Gasteiger partial charge in [-0.05, 0) is 65.6 Å². The number of fused-ring (bicyclic) bond motifs is 1. The molecule has 3 aromatic carbocycles. The van der Waals surface area contributed by atoms with Crippen LogP contribution in [0, 0.1) is 11.8 Å². The Morgan fingerprint density at radius 1 is 0.929 bits per heavy atom. The lowest BCUT2D eigenvalue weighted by Gasteiger charge is -2.35. The lowest BCUT2D eigenvalue weighted by molar-refractivity contribution is -0.118. The number of nitrogen functional groups attached to an aromatic ring is 2. The van der Waals surface area contributed by atoms with E-state index in [9.17, 15) is 13.2 Å². The maximum absolute atomic E-state index is 14.1. The Balaban J connectivity index is 1.31. The smallest absolute Gasteiger partial charge is 0.247 e. The van der Waals surface area contributed by atoms with Crippen molar-refractivity contribution in [2.45, 2.75) is 49.5 Å². The van der Waals surface area contributed by atoms with Crippen molar-refractivity contribution in [1.82, 2.24) is 4.98 Å². The minimum atomic E-state index is -3.89. The summed E-state index contributed by atoms with van der Waals surface area (Å²) in [6.07, 6.45) is 8.46. The van der Waals surface area contributed by atoms with Gasteiger partial charge in [0.2, 0.25) is 15.9 Å². The van der Waals surface area contributed by atoms with Gasteiger partial charge in [-0.2, -0.15) is 0 Å². The highest BCUT2D eigenvalue weighted by atomic mass is 32.2. The average molecular weight is 585 g/mol. The van der Waals surface area contributed by atoms with E-state index >= 15 is 0 Å².